The standard InChI is InChI=1S/C14H13BrFN3S/c1-19-6-4-12(10-3-2-9(16)8-11(10)15)18-13(19)14-17-5-7-20-14/h2-3,5,7-8,12H,4,6H2,1H3/t12-/m1/s1. The number of hydrogen-bond donors (Lipinski definition) is 0. The maximum atomic E-state index is 13.2. The van der Waals surface area contributed by atoms with E-state index < -0.39 is 0 Å². The normalized spacial score (nSPS) is 19.1. The summed E-state index contributed by atoms with van der Waals surface area (Å²) in [6, 6.07) is 4.82. The number of benzene rings is 1. The molecule has 0 bridgehead atoms. The Morgan fingerprint density at radius 3 is 3.00 bits per heavy atom. The van der Waals surface area contributed by atoms with Gasteiger partial charge in [-0.25, -0.2) is 9.37 Å². The van der Waals surface area contributed by atoms with Gasteiger partial charge in [0.2, 0.25) is 0 Å². The SMILES string of the molecule is CN1CC[C@H](c2ccc(F)cc2Br)N=C1c1nccs1. The highest BCUT2D eigenvalue weighted by molar-refractivity contribution is 9.10. The van der Waals surface area contributed by atoms with Crippen molar-refractivity contribution in [3.8, 4) is 0 Å². The first-order chi connectivity index (χ1) is 9.65. The molecule has 3 nitrogen and oxygen atoms in total. The van der Waals surface area contributed by atoms with Crippen LogP contribution < -0.4 is 0 Å². The second-order valence-electron chi connectivity index (χ2n) is 4.68. The molecule has 1 aliphatic rings. The minimum atomic E-state index is -0.238. The average molecular weight is 354 g/mol. The molecule has 104 valence electrons. The second-order valence-corrected chi connectivity index (χ2v) is 6.43. The number of thiazole rings is 1. The van der Waals surface area contributed by atoms with Crippen molar-refractivity contribution in [2.45, 2.75) is 12.5 Å². The Hall–Kier alpha value is -1.27. The van der Waals surface area contributed by atoms with Gasteiger partial charge in [-0.05, 0) is 24.1 Å². The number of nitrogens with zero attached hydrogens (tertiary/aromatic N) is 3. The number of rotatable bonds is 2. The van der Waals surface area contributed by atoms with E-state index >= 15 is 0 Å². The summed E-state index contributed by atoms with van der Waals surface area (Å²) < 4.78 is 14.0. The lowest BCUT2D eigenvalue weighted by Gasteiger charge is -2.29. The van der Waals surface area contributed by atoms with Crippen LogP contribution in [0.3, 0.4) is 0 Å². The molecule has 20 heavy (non-hydrogen) atoms. The van der Waals surface area contributed by atoms with Gasteiger partial charge in [0.25, 0.3) is 0 Å². The molecule has 1 aliphatic heterocycles. The maximum Gasteiger partial charge on any atom is 0.160 e. The summed E-state index contributed by atoms with van der Waals surface area (Å²) in [6.07, 6.45) is 2.70. The number of amidine groups is 1. The van der Waals surface area contributed by atoms with E-state index in [1.807, 2.05) is 12.4 Å². The van der Waals surface area contributed by atoms with Gasteiger partial charge >= 0.3 is 0 Å². The zero-order valence-electron chi connectivity index (χ0n) is 10.9. The molecule has 1 aromatic heterocycles. The minimum absolute atomic E-state index is 0.0417. The van der Waals surface area contributed by atoms with E-state index in [4.69, 9.17) is 4.99 Å². The predicted octanol–water partition coefficient (Wildman–Crippen LogP) is 3.87. The quantitative estimate of drug-likeness (QED) is 0.819. The van der Waals surface area contributed by atoms with Crippen LogP contribution in [0.2, 0.25) is 0 Å². The van der Waals surface area contributed by atoms with Crippen molar-refractivity contribution in [1.29, 1.82) is 0 Å². The molecule has 3 rings (SSSR count). The van der Waals surface area contributed by atoms with Gasteiger partial charge in [-0.1, -0.05) is 22.0 Å². The summed E-state index contributed by atoms with van der Waals surface area (Å²) >= 11 is 5.01. The highest BCUT2D eigenvalue weighted by atomic mass is 79.9. The Morgan fingerprint density at radius 2 is 2.30 bits per heavy atom. The molecule has 2 aromatic rings. The fourth-order valence-corrected chi connectivity index (χ4v) is 3.58. The largest absolute Gasteiger partial charge is 0.357 e. The van der Waals surface area contributed by atoms with Crippen molar-refractivity contribution >= 4 is 33.1 Å². The monoisotopic (exact) mass is 353 g/mol. The van der Waals surface area contributed by atoms with E-state index in [-0.39, 0.29) is 11.9 Å². The predicted molar refractivity (Wildman–Crippen MR) is 82.7 cm³/mol. The Morgan fingerprint density at radius 1 is 1.45 bits per heavy atom. The lowest BCUT2D eigenvalue weighted by atomic mass is 10.0. The molecular formula is C14H13BrFN3S. The Kier molecular flexibility index (Phi) is 3.85. The van der Waals surface area contributed by atoms with Gasteiger partial charge in [-0.15, -0.1) is 11.3 Å². The van der Waals surface area contributed by atoms with Crippen molar-refractivity contribution < 1.29 is 4.39 Å². The number of hydrogen-bond acceptors (Lipinski definition) is 4. The van der Waals surface area contributed by atoms with Crippen LogP contribution in [0.5, 0.6) is 0 Å². The van der Waals surface area contributed by atoms with Crippen LogP contribution in [-0.2, 0) is 0 Å². The van der Waals surface area contributed by atoms with E-state index in [0.29, 0.717) is 0 Å². The molecular weight excluding hydrogens is 341 g/mol. The van der Waals surface area contributed by atoms with Gasteiger partial charge in [0.1, 0.15) is 5.82 Å². The van der Waals surface area contributed by atoms with Gasteiger partial charge < -0.3 is 4.90 Å². The fraction of sp³-hybridized carbons (Fsp3) is 0.286. The lowest BCUT2D eigenvalue weighted by Crippen LogP contribution is -2.33. The van der Waals surface area contributed by atoms with E-state index in [0.717, 1.165) is 33.8 Å². The molecule has 0 fully saturated rings. The molecule has 0 saturated heterocycles. The van der Waals surface area contributed by atoms with Crippen LogP contribution in [0.15, 0.2) is 39.2 Å². The summed E-state index contributed by atoms with van der Waals surface area (Å²) in [6.45, 7) is 0.910. The van der Waals surface area contributed by atoms with E-state index in [2.05, 4.69) is 25.8 Å². The Labute approximate surface area is 129 Å². The van der Waals surface area contributed by atoms with Gasteiger partial charge in [0, 0.05) is 29.6 Å². The van der Waals surface area contributed by atoms with Crippen molar-refractivity contribution in [2.75, 3.05) is 13.6 Å². The van der Waals surface area contributed by atoms with Crippen molar-refractivity contribution in [3.05, 3.63) is 50.6 Å². The summed E-state index contributed by atoms with van der Waals surface area (Å²) in [7, 11) is 2.02. The van der Waals surface area contributed by atoms with Gasteiger partial charge in [-0.2, -0.15) is 0 Å². The van der Waals surface area contributed by atoms with E-state index in [1.165, 1.54) is 12.1 Å². The molecule has 0 spiro atoms. The second kappa shape index (κ2) is 5.61. The van der Waals surface area contributed by atoms with Gasteiger partial charge in [0.15, 0.2) is 10.8 Å². The van der Waals surface area contributed by atoms with Gasteiger partial charge in [0.05, 0.1) is 6.04 Å². The van der Waals surface area contributed by atoms with E-state index in [9.17, 15) is 4.39 Å². The van der Waals surface area contributed by atoms with Crippen LogP contribution in [0.1, 0.15) is 23.0 Å². The Bertz CT molecular complexity index is 642. The first-order valence-corrected chi connectivity index (χ1v) is 7.96. The zero-order valence-corrected chi connectivity index (χ0v) is 13.3. The van der Waals surface area contributed by atoms with Crippen LogP contribution in [-0.4, -0.2) is 29.3 Å². The number of aliphatic imine (C=N–C) groups is 1. The summed E-state index contributed by atoms with van der Waals surface area (Å²) in [5.41, 5.74) is 1.02. The van der Waals surface area contributed by atoms with Crippen molar-refractivity contribution in [1.82, 2.24) is 9.88 Å². The molecule has 0 N–H and O–H groups in total. The molecule has 1 aromatic carbocycles. The molecule has 0 amide bonds. The van der Waals surface area contributed by atoms with Crippen molar-refractivity contribution in [3.63, 3.8) is 0 Å². The smallest absolute Gasteiger partial charge is 0.160 e. The van der Waals surface area contributed by atoms with Crippen LogP contribution in [0, 0.1) is 5.82 Å². The number of halogens is 2. The van der Waals surface area contributed by atoms with Crippen LogP contribution in [0.4, 0.5) is 4.39 Å². The molecule has 0 aliphatic carbocycles. The Balaban J connectivity index is 1.98. The zero-order chi connectivity index (χ0) is 14.1. The summed E-state index contributed by atoms with van der Waals surface area (Å²) in [5.74, 6) is 0.671. The fourth-order valence-electron chi connectivity index (χ4n) is 2.28. The summed E-state index contributed by atoms with van der Waals surface area (Å²) in [4.78, 5) is 11.3. The molecule has 0 unspecified atom stereocenters. The first-order valence-electron chi connectivity index (χ1n) is 6.29. The average Bonchev–Trinajstić information content (AvgIpc) is 2.93. The van der Waals surface area contributed by atoms with Crippen LogP contribution >= 0.6 is 27.3 Å². The van der Waals surface area contributed by atoms with Gasteiger partial charge in [-0.3, -0.25) is 4.99 Å². The highest BCUT2D eigenvalue weighted by Crippen LogP contribution is 2.32. The topological polar surface area (TPSA) is 28.5 Å². The van der Waals surface area contributed by atoms with Crippen LogP contribution in [0.25, 0.3) is 0 Å². The molecule has 0 saturated carbocycles. The molecule has 0 radical (unpaired) electrons. The third-order valence-corrected chi connectivity index (χ3v) is 4.78. The third kappa shape index (κ3) is 2.62. The molecule has 6 heteroatoms. The maximum absolute atomic E-state index is 13.2. The first kappa shape index (κ1) is 13.7. The summed E-state index contributed by atoms with van der Waals surface area (Å²) in [5, 5.41) is 2.87. The third-order valence-electron chi connectivity index (χ3n) is 3.32. The minimum Gasteiger partial charge on any atom is -0.357 e. The lowest BCUT2D eigenvalue weighted by molar-refractivity contribution is 0.423. The van der Waals surface area contributed by atoms with Crippen molar-refractivity contribution in [2.24, 2.45) is 4.99 Å². The molecule has 2 heterocycles. The number of aromatic nitrogens is 1. The molecule has 1 atom stereocenters. The van der Waals surface area contributed by atoms with E-state index in [1.54, 1.807) is 23.6 Å². The highest BCUT2D eigenvalue weighted by Gasteiger charge is 2.24.